The van der Waals surface area contributed by atoms with Crippen LogP contribution in [0.1, 0.15) is 22.0 Å². The Balaban J connectivity index is 1.77. The molecule has 1 fully saturated rings. The van der Waals surface area contributed by atoms with Crippen molar-refractivity contribution < 1.29 is 14.3 Å². The first-order valence-corrected chi connectivity index (χ1v) is 9.47. The fourth-order valence-corrected chi connectivity index (χ4v) is 3.59. The van der Waals surface area contributed by atoms with Crippen LogP contribution in [0.2, 0.25) is 0 Å². The maximum Gasteiger partial charge on any atom is 0.252 e. The Labute approximate surface area is 162 Å². The summed E-state index contributed by atoms with van der Waals surface area (Å²) in [5.74, 6) is 0.733. The molecule has 1 atom stereocenters. The van der Waals surface area contributed by atoms with E-state index in [2.05, 4.69) is 32.2 Å². The first kappa shape index (κ1) is 18.9. The molecule has 0 bridgehead atoms. The number of nitrogens with one attached hydrogen (secondary N) is 1. The number of benzene rings is 2. The number of ether oxygens (including phenoxy) is 2. The van der Waals surface area contributed by atoms with Crippen LogP contribution in [0.5, 0.6) is 5.75 Å². The number of rotatable bonds is 6. The van der Waals surface area contributed by atoms with Crippen LogP contribution in [0, 0.1) is 0 Å². The molecule has 0 unspecified atom stereocenters. The molecule has 2 aromatic carbocycles. The van der Waals surface area contributed by atoms with Crippen molar-refractivity contribution in [3.63, 3.8) is 0 Å². The standard InChI is InChI=1S/C20H23BrN2O3/c1-25-16-6-4-5-15(13-16)19(23-9-11-26-12-10-23)14-22-20(24)17-7-2-3-8-18(17)21/h2-8,13,19H,9-12,14H2,1H3,(H,22,24)/t19-/m1/s1. The average molecular weight is 419 g/mol. The molecular formula is C20H23BrN2O3. The van der Waals surface area contributed by atoms with Crippen molar-refractivity contribution in [2.24, 2.45) is 0 Å². The number of halogens is 1. The van der Waals surface area contributed by atoms with E-state index in [1.165, 1.54) is 0 Å². The summed E-state index contributed by atoms with van der Waals surface area (Å²) in [4.78, 5) is 14.9. The summed E-state index contributed by atoms with van der Waals surface area (Å²) in [6, 6.07) is 15.5. The maximum absolute atomic E-state index is 12.6. The molecule has 5 nitrogen and oxygen atoms in total. The maximum atomic E-state index is 12.6. The normalized spacial score (nSPS) is 16.1. The molecule has 0 radical (unpaired) electrons. The van der Waals surface area contributed by atoms with Gasteiger partial charge in [-0.3, -0.25) is 9.69 Å². The molecule has 0 aliphatic carbocycles. The third-order valence-electron chi connectivity index (χ3n) is 4.54. The van der Waals surface area contributed by atoms with E-state index in [-0.39, 0.29) is 11.9 Å². The van der Waals surface area contributed by atoms with Gasteiger partial charge in [-0.1, -0.05) is 24.3 Å². The molecule has 1 aliphatic heterocycles. The fraction of sp³-hybridized carbons (Fsp3) is 0.350. The van der Waals surface area contributed by atoms with Crippen molar-refractivity contribution >= 4 is 21.8 Å². The Morgan fingerprint density at radius 3 is 2.73 bits per heavy atom. The number of hydrogen-bond donors (Lipinski definition) is 1. The lowest BCUT2D eigenvalue weighted by molar-refractivity contribution is 0.0162. The second-order valence-electron chi connectivity index (χ2n) is 6.13. The molecule has 1 N–H and O–H groups in total. The number of morpholine rings is 1. The van der Waals surface area contributed by atoms with Crippen molar-refractivity contribution in [3.05, 3.63) is 64.1 Å². The van der Waals surface area contributed by atoms with Gasteiger partial charge < -0.3 is 14.8 Å². The highest BCUT2D eigenvalue weighted by molar-refractivity contribution is 9.10. The predicted molar refractivity (Wildman–Crippen MR) is 105 cm³/mol. The smallest absolute Gasteiger partial charge is 0.252 e. The zero-order valence-corrected chi connectivity index (χ0v) is 16.4. The predicted octanol–water partition coefficient (Wildman–Crippen LogP) is 3.26. The minimum atomic E-state index is -0.0846. The van der Waals surface area contributed by atoms with Gasteiger partial charge in [-0.25, -0.2) is 0 Å². The molecule has 6 heteroatoms. The van der Waals surface area contributed by atoms with Gasteiger partial charge in [0.15, 0.2) is 0 Å². The van der Waals surface area contributed by atoms with Crippen molar-refractivity contribution in [2.45, 2.75) is 6.04 Å². The third kappa shape index (κ3) is 4.63. The number of hydrogen-bond acceptors (Lipinski definition) is 4. The molecule has 1 amide bonds. The fourth-order valence-electron chi connectivity index (χ4n) is 3.13. The van der Waals surface area contributed by atoms with Gasteiger partial charge in [0, 0.05) is 24.1 Å². The van der Waals surface area contributed by atoms with E-state index < -0.39 is 0 Å². The highest BCUT2D eigenvalue weighted by Gasteiger charge is 2.24. The lowest BCUT2D eigenvalue weighted by Gasteiger charge is -2.35. The van der Waals surface area contributed by atoms with Gasteiger partial charge in [0.1, 0.15) is 5.75 Å². The molecule has 0 saturated carbocycles. The quantitative estimate of drug-likeness (QED) is 0.781. The summed E-state index contributed by atoms with van der Waals surface area (Å²) in [6.45, 7) is 3.62. The van der Waals surface area contributed by atoms with Gasteiger partial charge in [-0.05, 0) is 45.8 Å². The monoisotopic (exact) mass is 418 g/mol. The zero-order valence-electron chi connectivity index (χ0n) is 14.8. The van der Waals surface area contributed by atoms with Gasteiger partial charge in [0.25, 0.3) is 5.91 Å². The number of carbonyl (C=O) groups is 1. The highest BCUT2D eigenvalue weighted by Crippen LogP contribution is 2.25. The molecule has 138 valence electrons. The second-order valence-corrected chi connectivity index (χ2v) is 6.98. The number of nitrogens with zero attached hydrogens (tertiary/aromatic N) is 1. The summed E-state index contributed by atoms with van der Waals surface area (Å²) in [5.41, 5.74) is 1.76. The Morgan fingerprint density at radius 1 is 1.23 bits per heavy atom. The SMILES string of the molecule is COc1cccc([C@@H](CNC(=O)c2ccccc2Br)N2CCOCC2)c1. The van der Waals surface area contributed by atoms with Gasteiger partial charge >= 0.3 is 0 Å². The Morgan fingerprint density at radius 2 is 2.00 bits per heavy atom. The van der Waals surface area contributed by atoms with Crippen LogP contribution in [-0.2, 0) is 4.74 Å². The highest BCUT2D eigenvalue weighted by atomic mass is 79.9. The lowest BCUT2D eigenvalue weighted by atomic mass is 10.0. The van der Waals surface area contributed by atoms with Gasteiger partial charge in [-0.2, -0.15) is 0 Å². The van der Waals surface area contributed by atoms with Gasteiger partial charge in [0.05, 0.1) is 31.9 Å². The average Bonchev–Trinajstić information content (AvgIpc) is 2.69. The van der Waals surface area contributed by atoms with Crippen LogP contribution in [-0.4, -0.2) is 50.8 Å². The molecular weight excluding hydrogens is 396 g/mol. The molecule has 26 heavy (non-hydrogen) atoms. The largest absolute Gasteiger partial charge is 0.497 e. The summed E-state index contributed by atoms with van der Waals surface area (Å²) in [6.07, 6.45) is 0. The van der Waals surface area contributed by atoms with E-state index in [4.69, 9.17) is 9.47 Å². The molecule has 0 spiro atoms. The Kier molecular flexibility index (Phi) is 6.66. The topological polar surface area (TPSA) is 50.8 Å². The van der Waals surface area contributed by atoms with Crippen molar-refractivity contribution in [2.75, 3.05) is 40.0 Å². The third-order valence-corrected chi connectivity index (χ3v) is 5.23. The molecule has 1 aliphatic rings. The molecule has 1 heterocycles. The minimum absolute atomic E-state index is 0.0698. The van der Waals surface area contributed by atoms with E-state index in [0.29, 0.717) is 25.3 Å². The first-order chi connectivity index (χ1) is 12.7. The Bertz CT molecular complexity index is 747. The summed E-state index contributed by atoms with van der Waals surface area (Å²) in [7, 11) is 1.66. The van der Waals surface area contributed by atoms with Crippen LogP contribution in [0.4, 0.5) is 0 Å². The molecule has 0 aromatic heterocycles. The molecule has 1 saturated heterocycles. The van der Waals surface area contributed by atoms with Crippen molar-refractivity contribution in [1.82, 2.24) is 10.2 Å². The van der Waals surface area contributed by atoms with Crippen LogP contribution < -0.4 is 10.1 Å². The van der Waals surface area contributed by atoms with Crippen LogP contribution in [0.3, 0.4) is 0 Å². The Hall–Kier alpha value is -1.89. The van der Waals surface area contributed by atoms with E-state index in [0.717, 1.165) is 28.9 Å². The van der Waals surface area contributed by atoms with E-state index in [9.17, 15) is 4.79 Å². The summed E-state index contributed by atoms with van der Waals surface area (Å²) < 4.78 is 11.6. The van der Waals surface area contributed by atoms with E-state index in [1.54, 1.807) is 7.11 Å². The summed E-state index contributed by atoms with van der Waals surface area (Å²) >= 11 is 3.44. The van der Waals surface area contributed by atoms with E-state index in [1.807, 2.05) is 42.5 Å². The van der Waals surface area contributed by atoms with Crippen LogP contribution in [0.25, 0.3) is 0 Å². The van der Waals surface area contributed by atoms with Crippen LogP contribution in [0.15, 0.2) is 53.0 Å². The minimum Gasteiger partial charge on any atom is -0.497 e. The number of amides is 1. The number of methoxy groups -OCH3 is 1. The zero-order chi connectivity index (χ0) is 18.4. The molecule has 3 rings (SSSR count). The van der Waals surface area contributed by atoms with Crippen molar-refractivity contribution in [3.8, 4) is 5.75 Å². The first-order valence-electron chi connectivity index (χ1n) is 8.67. The van der Waals surface area contributed by atoms with Gasteiger partial charge in [0.2, 0.25) is 0 Å². The van der Waals surface area contributed by atoms with Crippen molar-refractivity contribution in [1.29, 1.82) is 0 Å². The number of carbonyl (C=O) groups excluding carboxylic acids is 1. The van der Waals surface area contributed by atoms with Gasteiger partial charge in [-0.15, -0.1) is 0 Å². The van der Waals surface area contributed by atoms with Crippen LogP contribution >= 0.6 is 15.9 Å². The second kappa shape index (κ2) is 9.16. The molecule has 2 aromatic rings. The summed E-state index contributed by atoms with van der Waals surface area (Å²) in [5, 5.41) is 3.08. The van der Waals surface area contributed by atoms with E-state index >= 15 is 0 Å². The lowest BCUT2D eigenvalue weighted by Crippen LogP contribution is -2.43.